The van der Waals surface area contributed by atoms with Crippen LogP contribution in [0.25, 0.3) is 0 Å². The Bertz CT molecular complexity index is 1120. The lowest BCUT2D eigenvalue weighted by molar-refractivity contribution is -0.109. The molecule has 1 aliphatic rings. The molecule has 0 unspecified atom stereocenters. The summed E-state index contributed by atoms with van der Waals surface area (Å²) in [4.78, 5) is 22.6. The van der Waals surface area contributed by atoms with Gasteiger partial charge in [-0.2, -0.15) is 0 Å². The van der Waals surface area contributed by atoms with Crippen molar-refractivity contribution >= 4 is 6.41 Å². The number of benzene rings is 1. The number of nitrogens with zero attached hydrogens (tertiary/aromatic N) is 3. The van der Waals surface area contributed by atoms with Crippen molar-refractivity contribution in [3.05, 3.63) is 93.6 Å². The monoisotopic (exact) mass is 444 g/mol. The van der Waals surface area contributed by atoms with E-state index in [1.807, 2.05) is 30.6 Å². The Balaban J connectivity index is 1.68. The van der Waals surface area contributed by atoms with Crippen LogP contribution in [0.15, 0.2) is 48.8 Å². The number of nitrogens with one attached hydrogen (secondary N) is 1. The average Bonchev–Trinajstić information content (AvgIpc) is 2.84. The summed E-state index contributed by atoms with van der Waals surface area (Å²) in [5, 5.41) is 12.8. The Morgan fingerprint density at radius 3 is 2.82 bits per heavy atom. The van der Waals surface area contributed by atoms with Gasteiger partial charge < -0.3 is 10.4 Å². The molecule has 1 atom stereocenters. The van der Waals surface area contributed by atoms with Crippen molar-refractivity contribution < 1.29 is 9.90 Å². The molecule has 1 aliphatic carbocycles. The molecule has 0 bridgehead atoms. The number of hydrogen-bond acceptors (Lipinski definition) is 5. The maximum absolute atomic E-state index is 10.7. The average molecular weight is 445 g/mol. The molecule has 172 valence electrons. The van der Waals surface area contributed by atoms with E-state index in [-0.39, 0.29) is 12.6 Å². The van der Waals surface area contributed by atoms with Gasteiger partial charge in [-0.3, -0.25) is 19.7 Å². The van der Waals surface area contributed by atoms with Crippen molar-refractivity contribution in [3.63, 3.8) is 0 Å². The predicted octanol–water partition coefficient (Wildman–Crippen LogP) is 3.91. The number of hydrogen-bond donors (Lipinski definition) is 2. The number of pyridine rings is 2. The quantitative estimate of drug-likeness (QED) is 0.489. The molecular formula is C27H32N4O2. The molecule has 2 heterocycles. The molecule has 6 heteroatoms. The second kappa shape index (κ2) is 10.7. The zero-order chi connectivity index (χ0) is 23.2. The topological polar surface area (TPSA) is 78.4 Å². The van der Waals surface area contributed by atoms with E-state index in [2.05, 4.69) is 42.3 Å². The van der Waals surface area contributed by atoms with E-state index >= 15 is 0 Å². The van der Waals surface area contributed by atoms with E-state index in [1.54, 1.807) is 0 Å². The van der Waals surface area contributed by atoms with Gasteiger partial charge in [0, 0.05) is 32.0 Å². The Morgan fingerprint density at radius 2 is 2.03 bits per heavy atom. The standard InChI is InChI=1S/C27H32N4O2/c1-19-11-20(2)25(30-13-19)16-31(26-7-3-5-22-6-4-10-29-27(22)26)15-23-9-8-21(14-28-18-33)12-24(23)17-32/h4,6,8-13,18,26,32H,3,5,7,14-17H2,1-2H3,(H,28,33)/t26-/m0/s1. The Hall–Kier alpha value is -3.09. The van der Waals surface area contributed by atoms with Gasteiger partial charge in [0.2, 0.25) is 6.41 Å². The third kappa shape index (κ3) is 5.46. The minimum Gasteiger partial charge on any atom is -0.392 e. The molecule has 4 rings (SSSR count). The summed E-state index contributed by atoms with van der Waals surface area (Å²) in [5.74, 6) is 0. The largest absolute Gasteiger partial charge is 0.392 e. The van der Waals surface area contributed by atoms with Crippen LogP contribution in [0, 0.1) is 13.8 Å². The molecule has 6 nitrogen and oxygen atoms in total. The fraction of sp³-hybridized carbons (Fsp3) is 0.370. The van der Waals surface area contributed by atoms with Crippen LogP contribution in [-0.4, -0.2) is 26.4 Å². The molecule has 1 aromatic carbocycles. The summed E-state index contributed by atoms with van der Waals surface area (Å²) < 4.78 is 0. The Morgan fingerprint density at radius 1 is 1.15 bits per heavy atom. The Kier molecular flexibility index (Phi) is 7.47. The SMILES string of the molecule is Cc1cnc(CN(Cc2ccc(CNC=O)cc2CO)[C@H]2CCCc3cccnc32)c(C)c1. The second-order valence-corrected chi connectivity index (χ2v) is 8.90. The number of aryl methyl sites for hydroxylation is 3. The van der Waals surface area contributed by atoms with Gasteiger partial charge in [-0.25, -0.2) is 0 Å². The van der Waals surface area contributed by atoms with Crippen LogP contribution in [0.5, 0.6) is 0 Å². The summed E-state index contributed by atoms with van der Waals surface area (Å²) in [7, 11) is 0. The molecule has 3 aromatic rings. The number of aliphatic hydroxyl groups excluding tert-OH is 1. The van der Waals surface area contributed by atoms with E-state index in [1.165, 1.54) is 11.1 Å². The first-order chi connectivity index (χ1) is 16.1. The van der Waals surface area contributed by atoms with Crippen LogP contribution >= 0.6 is 0 Å². The number of carbonyl (C=O) groups is 1. The molecule has 0 fully saturated rings. The normalized spacial score (nSPS) is 15.3. The molecule has 2 aromatic heterocycles. The van der Waals surface area contributed by atoms with Crippen molar-refractivity contribution in [1.29, 1.82) is 0 Å². The van der Waals surface area contributed by atoms with Gasteiger partial charge in [-0.1, -0.05) is 30.3 Å². The minimum absolute atomic E-state index is 0.0422. The molecule has 0 spiro atoms. The highest BCUT2D eigenvalue weighted by Gasteiger charge is 2.28. The fourth-order valence-corrected chi connectivity index (χ4v) is 4.79. The van der Waals surface area contributed by atoms with E-state index in [0.29, 0.717) is 26.0 Å². The van der Waals surface area contributed by atoms with Crippen LogP contribution in [0.1, 0.15) is 63.7 Å². The first-order valence-corrected chi connectivity index (χ1v) is 11.6. The molecule has 0 saturated heterocycles. The zero-order valence-electron chi connectivity index (χ0n) is 19.4. The van der Waals surface area contributed by atoms with Crippen LogP contribution in [0.2, 0.25) is 0 Å². The van der Waals surface area contributed by atoms with Gasteiger partial charge in [-0.05, 0) is 72.6 Å². The van der Waals surface area contributed by atoms with Crippen LogP contribution in [0.3, 0.4) is 0 Å². The highest BCUT2D eigenvalue weighted by molar-refractivity contribution is 5.46. The summed E-state index contributed by atoms with van der Waals surface area (Å²) >= 11 is 0. The molecule has 0 saturated carbocycles. The zero-order valence-corrected chi connectivity index (χ0v) is 19.4. The maximum atomic E-state index is 10.7. The number of rotatable bonds is 9. The third-order valence-electron chi connectivity index (χ3n) is 6.49. The number of carbonyl (C=O) groups excluding carboxylic acids is 1. The van der Waals surface area contributed by atoms with Crippen LogP contribution in [0.4, 0.5) is 0 Å². The fourth-order valence-electron chi connectivity index (χ4n) is 4.79. The number of aliphatic hydroxyl groups is 1. The maximum Gasteiger partial charge on any atom is 0.207 e. The lowest BCUT2D eigenvalue weighted by atomic mass is 9.90. The van der Waals surface area contributed by atoms with Crippen LogP contribution in [-0.2, 0) is 37.5 Å². The van der Waals surface area contributed by atoms with Crippen molar-refractivity contribution in [3.8, 4) is 0 Å². The van der Waals surface area contributed by atoms with E-state index in [0.717, 1.165) is 52.9 Å². The number of fused-ring (bicyclic) bond motifs is 1. The highest BCUT2D eigenvalue weighted by atomic mass is 16.3. The lowest BCUT2D eigenvalue weighted by Gasteiger charge is -2.35. The summed E-state index contributed by atoms with van der Waals surface area (Å²) in [5.41, 5.74) is 8.85. The minimum atomic E-state index is -0.0422. The van der Waals surface area contributed by atoms with Crippen molar-refractivity contribution in [2.24, 2.45) is 0 Å². The third-order valence-corrected chi connectivity index (χ3v) is 6.49. The smallest absolute Gasteiger partial charge is 0.207 e. The van der Waals surface area contributed by atoms with Gasteiger partial charge in [0.05, 0.1) is 24.0 Å². The summed E-state index contributed by atoms with van der Waals surface area (Å²) in [6.07, 6.45) is 7.75. The van der Waals surface area contributed by atoms with E-state index < -0.39 is 0 Å². The van der Waals surface area contributed by atoms with Crippen molar-refractivity contribution in [2.45, 2.75) is 65.4 Å². The van der Waals surface area contributed by atoms with Crippen molar-refractivity contribution in [1.82, 2.24) is 20.2 Å². The predicted molar refractivity (Wildman–Crippen MR) is 128 cm³/mol. The van der Waals surface area contributed by atoms with Gasteiger partial charge in [0.15, 0.2) is 0 Å². The molecule has 2 N–H and O–H groups in total. The van der Waals surface area contributed by atoms with Gasteiger partial charge in [0.25, 0.3) is 0 Å². The molecule has 0 radical (unpaired) electrons. The lowest BCUT2D eigenvalue weighted by Crippen LogP contribution is -2.32. The first-order valence-electron chi connectivity index (χ1n) is 11.6. The van der Waals surface area contributed by atoms with Crippen LogP contribution < -0.4 is 5.32 Å². The second-order valence-electron chi connectivity index (χ2n) is 8.90. The number of amides is 1. The van der Waals surface area contributed by atoms with E-state index in [9.17, 15) is 9.90 Å². The molecule has 1 amide bonds. The summed E-state index contributed by atoms with van der Waals surface area (Å²) in [6.45, 7) is 6.00. The van der Waals surface area contributed by atoms with Gasteiger partial charge in [0.1, 0.15) is 0 Å². The van der Waals surface area contributed by atoms with Gasteiger partial charge in [-0.15, -0.1) is 0 Å². The number of aromatic nitrogens is 2. The highest BCUT2D eigenvalue weighted by Crippen LogP contribution is 2.35. The Labute approximate surface area is 195 Å². The first kappa shape index (κ1) is 23.1. The molecule has 0 aliphatic heterocycles. The van der Waals surface area contributed by atoms with Gasteiger partial charge >= 0.3 is 0 Å². The molecular weight excluding hydrogens is 412 g/mol. The molecule has 33 heavy (non-hydrogen) atoms. The van der Waals surface area contributed by atoms with E-state index in [4.69, 9.17) is 9.97 Å². The van der Waals surface area contributed by atoms with Crippen molar-refractivity contribution in [2.75, 3.05) is 0 Å². The summed E-state index contributed by atoms with van der Waals surface area (Å²) in [6, 6.07) is 12.7.